The number of hydrogen-bond acceptors (Lipinski definition) is 3. The molecule has 158 valence electrons. The van der Waals surface area contributed by atoms with Crippen molar-refractivity contribution in [1.29, 1.82) is 0 Å². The third-order valence-electron chi connectivity index (χ3n) is 5.42. The molecule has 0 spiro atoms. The van der Waals surface area contributed by atoms with Crippen molar-refractivity contribution in [1.82, 2.24) is 16.2 Å². The van der Waals surface area contributed by atoms with Gasteiger partial charge in [0, 0.05) is 12.5 Å². The monoisotopic (exact) mass is 411 g/mol. The molecule has 0 radical (unpaired) electrons. The van der Waals surface area contributed by atoms with E-state index in [2.05, 4.69) is 16.2 Å². The Hall–Kier alpha value is -3.22. The SMILES string of the molecule is O=C(Cc1ccccc1)NNC(=O)C1CCC(CNC(=O)c2ccccc2F)CC1. The molecule has 0 heterocycles. The topological polar surface area (TPSA) is 87.3 Å². The first-order valence-electron chi connectivity index (χ1n) is 10.2. The Morgan fingerprint density at radius 1 is 0.867 bits per heavy atom. The molecular formula is C23H26FN3O3. The molecule has 1 fully saturated rings. The number of hydrogen-bond donors (Lipinski definition) is 3. The zero-order valence-corrected chi connectivity index (χ0v) is 16.7. The summed E-state index contributed by atoms with van der Waals surface area (Å²) in [6, 6.07) is 15.2. The van der Waals surface area contributed by atoms with Gasteiger partial charge in [0.15, 0.2) is 0 Å². The standard InChI is InChI=1S/C23H26FN3O3/c24-20-9-5-4-8-19(20)23(30)25-15-17-10-12-18(13-11-17)22(29)27-26-21(28)14-16-6-2-1-3-7-16/h1-9,17-18H,10-15H2,(H,25,30)(H,26,28)(H,27,29). The fourth-order valence-electron chi connectivity index (χ4n) is 3.67. The van der Waals surface area contributed by atoms with Gasteiger partial charge in [-0.3, -0.25) is 25.2 Å². The molecule has 3 N–H and O–H groups in total. The van der Waals surface area contributed by atoms with Gasteiger partial charge in [-0.15, -0.1) is 0 Å². The number of carbonyl (C=O) groups excluding carboxylic acids is 3. The van der Waals surface area contributed by atoms with Gasteiger partial charge < -0.3 is 5.32 Å². The van der Waals surface area contributed by atoms with Gasteiger partial charge in [-0.2, -0.15) is 0 Å². The molecule has 0 unspecified atom stereocenters. The van der Waals surface area contributed by atoms with E-state index in [1.807, 2.05) is 30.3 Å². The molecule has 0 saturated heterocycles. The highest BCUT2D eigenvalue weighted by atomic mass is 19.1. The summed E-state index contributed by atoms with van der Waals surface area (Å²) in [5.74, 6) is -1.33. The Morgan fingerprint density at radius 2 is 1.53 bits per heavy atom. The van der Waals surface area contributed by atoms with Crippen LogP contribution in [0.5, 0.6) is 0 Å². The summed E-state index contributed by atoms with van der Waals surface area (Å²) in [5, 5.41) is 2.78. The molecule has 2 aromatic rings. The van der Waals surface area contributed by atoms with E-state index in [0.717, 1.165) is 18.4 Å². The summed E-state index contributed by atoms with van der Waals surface area (Å²) in [5.41, 5.74) is 5.90. The highest BCUT2D eigenvalue weighted by Crippen LogP contribution is 2.28. The van der Waals surface area contributed by atoms with E-state index in [1.54, 1.807) is 12.1 Å². The van der Waals surface area contributed by atoms with Crippen molar-refractivity contribution < 1.29 is 18.8 Å². The molecular weight excluding hydrogens is 385 g/mol. The van der Waals surface area contributed by atoms with Gasteiger partial charge in [-0.1, -0.05) is 42.5 Å². The third kappa shape index (κ3) is 6.14. The van der Waals surface area contributed by atoms with E-state index in [1.165, 1.54) is 12.1 Å². The first kappa shape index (κ1) is 21.5. The molecule has 0 aromatic heterocycles. The van der Waals surface area contributed by atoms with E-state index in [9.17, 15) is 18.8 Å². The quantitative estimate of drug-likeness (QED) is 0.639. The predicted octanol–water partition coefficient (Wildman–Crippen LogP) is 2.75. The summed E-state index contributed by atoms with van der Waals surface area (Å²) < 4.78 is 13.7. The molecule has 30 heavy (non-hydrogen) atoms. The maximum atomic E-state index is 13.7. The number of hydrazine groups is 1. The Morgan fingerprint density at radius 3 is 2.23 bits per heavy atom. The maximum Gasteiger partial charge on any atom is 0.254 e. The van der Waals surface area contributed by atoms with E-state index in [-0.39, 0.29) is 35.6 Å². The van der Waals surface area contributed by atoms with Crippen LogP contribution in [-0.2, 0) is 16.0 Å². The van der Waals surface area contributed by atoms with Crippen molar-refractivity contribution in [3.63, 3.8) is 0 Å². The Labute approximate surface area is 175 Å². The third-order valence-corrected chi connectivity index (χ3v) is 5.42. The van der Waals surface area contributed by atoms with Gasteiger partial charge in [0.25, 0.3) is 5.91 Å². The summed E-state index contributed by atoms with van der Waals surface area (Å²) >= 11 is 0. The minimum atomic E-state index is -0.537. The molecule has 7 heteroatoms. The first-order valence-corrected chi connectivity index (χ1v) is 10.2. The summed E-state index contributed by atoms with van der Waals surface area (Å²) in [6.45, 7) is 0.454. The minimum Gasteiger partial charge on any atom is -0.352 e. The molecule has 3 rings (SSSR count). The van der Waals surface area contributed by atoms with Crippen LogP contribution in [0.4, 0.5) is 4.39 Å². The first-order chi connectivity index (χ1) is 14.5. The highest BCUT2D eigenvalue weighted by Gasteiger charge is 2.27. The minimum absolute atomic E-state index is 0.0387. The molecule has 6 nitrogen and oxygen atoms in total. The smallest absolute Gasteiger partial charge is 0.254 e. The van der Waals surface area contributed by atoms with Crippen molar-refractivity contribution in [2.45, 2.75) is 32.1 Å². The van der Waals surface area contributed by atoms with Crippen molar-refractivity contribution in [3.05, 3.63) is 71.5 Å². The fourth-order valence-corrected chi connectivity index (χ4v) is 3.67. The molecule has 2 aromatic carbocycles. The van der Waals surface area contributed by atoms with Gasteiger partial charge >= 0.3 is 0 Å². The Bertz CT molecular complexity index is 880. The zero-order chi connectivity index (χ0) is 21.3. The van der Waals surface area contributed by atoms with Crippen LogP contribution in [0.2, 0.25) is 0 Å². The van der Waals surface area contributed by atoms with Crippen molar-refractivity contribution in [2.75, 3.05) is 6.54 Å². The second-order valence-corrected chi connectivity index (χ2v) is 7.61. The zero-order valence-electron chi connectivity index (χ0n) is 16.7. The number of rotatable bonds is 6. The molecule has 0 bridgehead atoms. The summed E-state index contributed by atoms with van der Waals surface area (Å²) in [4.78, 5) is 36.4. The summed E-state index contributed by atoms with van der Waals surface area (Å²) in [6.07, 6.45) is 3.14. The lowest BCUT2D eigenvalue weighted by Crippen LogP contribution is -2.46. The van der Waals surface area contributed by atoms with Crippen molar-refractivity contribution >= 4 is 17.7 Å². The molecule has 0 aliphatic heterocycles. The maximum absolute atomic E-state index is 13.7. The molecule has 1 saturated carbocycles. The van der Waals surface area contributed by atoms with E-state index in [4.69, 9.17) is 0 Å². The predicted molar refractivity (Wildman–Crippen MR) is 111 cm³/mol. The lowest BCUT2D eigenvalue weighted by Gasteiger charge is -2.27. The van der Waals surface area contributed by atoms with E-state index < -0.39 is 11.7 Å². The second kappa shape index (κ2) is 10.5. The van der Waals surface area contributed by atoms with Crippen LogP contribution >= 0.6 is 0 Å². The van der Waals surface area contributed by atoms with Crippen LogP contribution in [-0.4, -0.2) is 24.3 Å². The average Bonchev–Trinajstić information content (AvgIpc) is 2.77. The lowest BCUT2D eigenvalue weighted by molar-refractivity contribution is -0.131. The number of carbonyl (C=O) groups is 3. The average molecular weight is 411 g/mol. The number of halogens is 1. The highest BCUT2D eigenvalue weighted by molar-refractivity contribution is 5.94. The van der Waals surface area contributed by atoms with Crippen LogP contribution < -0.4 is 16.2 Å². The van der Waals surface area contributed by atoms with Crippen molar-refractivity contribution in [2.24, 2.45) is 11.8 Å². The fraction of sp³-hybridized carbons (Fsp3) is 0.348. The van der Waals surface area contributed by atoms with Crippen LogP contribution in [0.1, 0.15) is 41.6 Å². The van der Waals surface area contributed by atoms with Crippen LogP contribution in [0.3, 0.4) is 0 Å². The van der Waals surface area contributed by atoms with Crippen molar-refractivity contribution in [3.8, 4) is 0 Å². The Kier molecular flexibility index (Phi) is 7.54. The molecule has 3 amide bonds. The molecule has 1 aliphatic rings. The van der Waals surface area contributed by atoms with Gasteiger partial charge in [-0.25, -0.2) is 4.39 Å². The number of amides is 3. The number of benzene rings is 2. The van der Waals surface area contributed by atoms with Gasteiger partial charge in [0.05, 0.1) is 12.0 Å². The largest absolute Gasteiger partial charge is 0.352 e. The molecule has 0 atom stereocenters. The van der Waals surface area contributed by atoms with Gasteiger partial charge in [-0.05, 0) is 49.3 Å². The van der Waals surface area contributed by atoms with Gasteiger partial charge in [0.2, 0.25) is 11.8 Å². The number of nitrogens with one attached hydrogen (secondary N) is 3. The van der Waals surface area contributed by atoms with Crippen LogP contribution in [0.15, 0.2) is 54.6 Å². The second-order valence-electron chi connectivity index (χ2n) is 7.61. The van der Waals surface area contributed by atoms with E-state index >= 15 is 0 Å². The summed E-state index contributed by atoms with van der Waals surface area (Å²) in [7, 11) is 0. The normalized spacial score (nSPS) is 18.3. The molecule has 1 aliphatic carbocycles. The lowest BCUT2D eigenvalue weighted by atomic mass is 9.81. The van der Waals surface area contributed by atoms with Crippen LogP contribution in [0.25, 0.3) is 0 Å². The van der Waals surface area contributed by atoms with Crippen LogP contribution in [0, 0.1) is 17.7 Å². The Balaban J connectivity index is 1.35. The van der Waals surface area contributed by atoms with E-state index in [0.29, 0.717) is 19.4 Å². The van der Waals surface area contributed by atoms with Gasteiger partial charge in [0.1, 0.15) is 5.82 Å².